The van der Waals surface area contributed by atoms with Crippen LogP contribution in [-0.4, -0.2) is 30.2 Å². The Balaban J connectivity index is 2.51. The number of anilines is 1. The Kier molecular flexibility index (Phi) is 5.95. The van der Waals surface area contributed by atoms with Gasteiger partial charge in [-0.15, -0.1) is 0 Å². The Hall–Kier alpha value is -1.80. The number of ether oxygens (including phenoxy) is 1. The molecule has 0 aliphatic rings. The average Bonchev–Trinajstić information content (AvgIpc) is 2.38. The van der Waals surface area contributed by atoms with Crippen LogP contribution in [0, 0.1) is 11.3 Å². The van der Waals surface area contributed by atoms with Gasteiger partial charge in [0.1, 0.15) is 5.75 Å². The largest absolute Gasteiger partial charge is 0.494 e. The summed E-state index contributed by atoms with van der Waals surface area (Å²) >= 11 is 5.23. The van der Waals surface area contributed by atoms with Crippen molar-refractivity contribution in [2.75, 3.05) is 25.5 Å². The zero-order valence-corrected chi connectivity index (χ0v) is 11.5. The van der Waals surface area contributed by atoms with E-state index in [2.05, 4.69) is 11.4 Å². The topological polar surface area (TPSA) is 48.3 Å². The molecule has 0 aromatic heterocycles. The Labute approximate surface area is 113 Å². The van der Waals surface area contributed by atoms with Gasteiger partial charge >= 0.3 is 0 Å². The molecule has 18 heavy (non-hydrogen) atoms. The van der Waals surface area contributed by atoms with Crippen molar-refractivity contribution in [3.05, 3.63) is 24.3 Å². The first kappa shape index (κ1) is 14.3. The van der Waals surface area contributed by atoms with Crippen molar-refractivity contribution < 1.29 is 4.74 Å². The molecule has 0 unspecified atom stereocenters. The zero-order chi connectivity index (χ0) is 13.4. The number of thiocarbonyl (C=S) groups is 1. The first-order valence-corrected chi connectivity index (χ1v) is 6.20. The monoisotopic (exact) mass is 263 g/mol. The van der Waals surface area contributed by atoms with E-state index >= 15 is 0 Å². The highest BCUT2D eigenvalue weighted by atomic mass is 32.1. The van der Waals surface area contributed by atoms with Crippen LogP contribution in [0.2, 0.25) is 0 Å². The smallest absolute Gasteiger partial charge is 0.173 e. The highest BCUT2D eigenvalue weighted by Crippen LogP contribution is 2.15. The summed E-state index contributed by atoms with van der Waals surface area (Å²) in [7, 11) is 1.86. The molecule has 0 radical (unpaired) electrons. The summed E-state index contributed by atoms with van der Waals surface area (Å²) < 4.78 is 5.36. The summed E-state index contributed by atoms with van der Waals surface area (Å²) in [5, 5.41) is 12.2. The van der Waals surface area contributed by atoms with Gasteiger partial charge in [0, 0.05) is 19.3 Å². The SMILES string of the molecule is CCOc1ccc(NC(=S)N(C)CCC#N)cc1. The van der Waals surface area contributed by atoms with E-state index in [1.807, 2.05) is 43.1 Å². The van der Waals surface area contributed by atoms with Gasteiger partial charge in [0.15, 0.2) is 5.11 Å². The minimum atomic E-state index is 0.460. The fourth-order valence-electron chi connectivity index (χ4n) is 1.34. The number of nitriles is 1. The van der Waals surface area contributed by atoms with E-state index < -0.39 is 0 Å². The lowest BCUT2D eigenvalue weighted by Crippen LogP contribution is -2.31. The Morgan fingerprint density at radius 3 is 2.67 bits per heavy atom. The van der Waals surface area contributed by atoms with Gasteiger partial charge in [-0.3, -0.25) is 0 Å². The summed E-state index contributed by atoms with van der Waals surface area (Å²) in [6.07, 6.45) is 0.460. The molecule has 4 nitrogen and oxygen atoms in total. The first-order valence-electron chi connectivity index (χ1n) is 5.79. The van der Waals surface area contributed by atoms with Crippen LogP contribution in [0.15, 0.2) is 24.3 Å². The third kappa shape index (κ3) is 4.60. The molecule has 0 saturated heterocycles. The second-order valence-electron chi connectivity index (χ2n) is 3.72. The Morgan fingerprint density at radius 1 is 1.44 bits per heavy atom. The number of hydrogen-bond donors (Lipinski definition) is 1. The van der Waals surface area contributed by atoms with Gasteiger partial charge in [-0.25, -0.2) is 0 Å². The number of nitrogens with zero attached hydrogens (tertiary/aromatic N) is 2. The van der Waals surface area contributed by atoms with E-state index in [-0.39, 0.29) is 0 Å². The molecule has 0 aliphatic heterocycles. The molecule has 0 spiro atoms. The summed E-state index contributed by atoms with van der Waals surface area (Å²) in [6, 6.07) is 9.70. The lowest BCUT2D eigenvalue weighted by molar-refractivity contribution is 0.340. The molecule has 5 heteroatoms. The van der Waals surface area contributed by atoms with Gasteiger partial charge in [-0.2, -0.15) is 5.26 Å². The molecule has 1 aromatic rings. The molecule has 1 rings (SSSR count). The molecule has 96 valence electrons. The Morgan fingerprint density at radius 2 is 2.11 bits per heavy atom. The molecule has 0 fully saturated rings. The minimum absolute atomic E-state index is 0.460. The van der Waals surface area contributed by atoms with Crippen LogP contribution in [0.3, 0.4) is 0 Å². The van der Waals surface area contributed by atoms with Gasteiger partial charge < -0.3 is 15.0 Å². The number of rotatable bonds is 5. The highest BCUT2D eigenvalue weighted by Gasteiger charge is 2.04. The second-order valence-corrected chi connectivity index (χ2v) is 4.10. The molecular weight excluding hydrogens is 246 g/mol. The van der Waals surface area contributed by atoms with Crippen molar-refractivity contribution in [1.82, 2.24) is 4.90 Å². The zero-order valence-electron chi connectivity index (χ0n) is 10.6. The molecule has 1 aromatic carbocycles. The van der Waals surface area contributed by atoms with E-state index in [4.69, 9.17) is 22.2 Å². The van der Waals surface area contributed by atoms with Gasteiger partial charge in [0.05, 0.1) is 19.1 Å². The van der Waals surface area contributed by atoms with Crippen molar-refractivity contribution in [2.45, 2.75) is 13.3 Å². The molecular formula is C13H17N3OS. The van der Waals surface area contributed by atoms with E-state index in [1.165, 1.54) is 0 Å². The van der Waals surface area contributed by atoms with Crippen LogP contribution in [0.1, 0.15) is 13.3 Å². The van der Waals surface area contributed by atoms with Crippen LogP contribution in [-0.2, 0) is 0 Å². The lowest BCUT2D eigenvalue weighted by atomic mass is 10.3. The highest BCUT2D eigenvalue weighted by molar-refractivity contribution is 7.80. The summed E-state index contributed by atoms with van der Waals surface area (Å²) in [5.41, 5.74) is 0.910. The van der Waals surface area contributed by atoms with Gasteiger partial charge in [0.2, 0.25) is 0 Å². The van der Waals surface area contributed by atoms with Crippen molar-refractivity contribution in [3.8, 4) is 11.8 Å². The van der Waals surface area contributed by atoms with Crippen molar-refractivity contribution >= 4 is 23.0 Å². The number of hydrogen-bond acceptors (Lipinski definition) is 3. The van der Waals surface area contributed by atoms with Crippen molar-refractivity contribution in [2.24, 2.45) is 0 Å². The molecule has 0 saturated carbocycles. The van der Waals surface area contributed by atoms with Gasteiger partial charge in [-0.1, -0.05) is 0 Å². The van der Waals surface area contributed by atoms with Crippen LogP contribution in [0.5, 0.6) is 5.75 Å². The van der Waals surface area contributed by atoms with E-state index in [0.29, 0.717) is 24.7 Å². The maximum absolute atomic E-state index is 8.51. The second kappa shape index (κ2) is 7.51. The third-order valence-corrected chi connectivity index (χ3v) is 2.74. The van der Waals surface area contributed by atoms with Crippen LogP contribution < -0.4 is 10.1 Å². The summed E-state index contributed by atoms with van der Waals surface area (Å²) in [4.78, 5) is 1.84. The van der Waals surface area contributed by atoms with E-state index in [1.54, 1.807) is 0 Å². The molecule has 0 amide bonds. The van der Waals surface area contributed by atoms with Gasteiger partial charge in [0.25, 0.3) is 0 Å². The predicted molar refractivity (Wildman–Crippen MR) is 76.7 cm³/mol. The molecule has 0 heterocycles. The van der Waals surface area contributed by atoms with Crippen LogP contribution in [0.25, 0.3) is 0 Å². The van der Waals surface area contributed by atoms with Crippen LogP contribution >= 0.6 is 12.2 Å². The van der Waals surface area contributed by atoms with E-state index in [0.717, 1.165) is 11.4 Å². The van der Waals surface area contributed by atoms with Crippen molar-refractivity contribution in [1.29, 1.82) is 5.26 Å². The fraction of sp³-hybridized carbons (Fsp3) is 0.385. The van der Waals surface area contributed by atoms with Gasteiger partial charge in [-0.05, 0) is 43.4 Å². The molecule has 0 bridgehead atoms. The quantitative estimate of drug-likeness (QED) is 0.828. The molecule has 1 N–H and O–H groups in total. The predicted octanol–water partition coefficient (Wildman–Crippen LogP) is 2.63. The lowest BCUT2D eigenvalue weighted by Gasteiger charge is -2.19. The maximum atomic E-state index is 8.51. The van der Waals surface area contributed by atoms with E-state index in [9.17, 15) is 0 Å². The molecule has 0 aliphatic carbocycles. The third-order valence-electron chi connectivity index (χ3n) is 2.32. The molecule has 0 atom stereocenters. The average molecular weight is 263 g/mol. The summed E-state index contributed by atoms with van der Waals surface area (Å²) in [6.45, 7) is 3.23. The minimum Gasteiger partial charge on any atom is -0.494 e. The first-order chi connectivity index (χ1) is 8.67. The fourth-order valence-corrected chi connectivity index (χ4v) is 1.55. The summed E-state index contributed by atoms with van der Waals surface area (Å²) in [5.74, 6) is 0.840. The standard InChI is InChI=1S/C13H17N3OS/c1-3-17-12-7-5-11(6-8-12)15-13(18)16(2)10-4-9-14/h5-8H,3-4,10H2,1-2H3,(H,15,18). The number of benzene rings is 1. The number of nitrogens with one attached hydrogen (secondary N) is 1. The Bertz CT molecular complexity index is 425. The van der Waals surface area contributed by atoms with Crippen LogP contribution in [0.4, 0.5) is 5.69 Å². The normalized spacial score (nSPS) is 9.39. The maximum Gasteiger partial charge on any atom is 0.173 e. The van der Waals surface area contributed by atoms with Crippen molar-refractivity contribution in [3.63, 3.8) is 0 Å².